The van der Waals surface area contributed by atoms with Gasteiger partial charge in [-0.05, 0) is 24.3 Å². The van der Waals surface area contributed by atoms with Gasteiger partial charge in [0, 0.05) is 0 Å². The summed E-state index contributed by atoms with van der Waals surface area (Å²) < 4.78 is 32.3. The van der Waals surface area contributed by atoms with Crippen LogP contribution < -0.4 is 0 Å². The van der Waals surface area contributed by atoms with Crippen molar-refractivity contribution in [1.82, 2.24) is 9.55 Å². The number of hydrogen-bond acceptors (Lipinski definition) is 3. The van der Waals surface area contributed by atoms with Crippen molar-refractivity contribution in [3.63, 3.8) is 0 Å². The van der Waals surface area contributed by atoms with Crippen LogP contribution in [0.2, 0.25) is 5.02 Å². The van der Waals surface area contributed by atoms with Gasteiger partial charge in [-0.2, -0.15) is 8.78 Å². The summed E-state index contributed by atoms with van der Waals surface area (Å²) in [5.74, 6) is -0.718. The van der Waals surface area contributed by atoms with Crippen molar-refractivity contribution in [3.8, 4) is 0 Å². The maximum absolute atomic E-state index is 13.3. The topological polar surface area (TPSA) is 44.1 Å². The molecule has 0 atom stereocenters. The van der Waals surface area contributed by atoms with Gasteiger partial charge in [0.05, 0.1) is 21.6 Å². The minimum absolute atomic E-state index is 0.0263. The maximum atomic E-state index is 13.3. The number of rotatable bonds is 4. The fraction of sp³-hybridized carbons (Fsp3) is 0.125. The number of ether oxygens (including phenoxy) is 1. The molecular weight excluding hydrogens is 326 g/mol. The van der Waals surface area contributed by atoms with Crippen LogP contribution in [0.5, 0.6) is 0 Å². The van der Waals surface area contributed by atoms with Gasteiger partial charge in [-0.3, -0.25) is 4.57 Å². The molecule has 0 spiro atoms. The van der Waals surface area contributed by atoms with Crippen LogP contribution in [0.25, 0.3) is 11.0 Å². The predicted octanol–water partition coefficient (Wildman–Crippen LogP) is 4.44. The number of carbonyl (C=O) groups is 1. The molecule has 0 aliphatic rings. The molecule has 0 saturated carbocycles. The van der Waals surface area contributed by atoms with E-state index in [-0.39, 0.29) is 28.5 Å². The Morgan fingerprint density at radius 1 is 1.17 bits per heavy atom. The molecule has 3 aromatic rings. The fourth-order valence-corrected chi connectivity index (χ4v) is 2.46. The Bertz CT molecular complexity index is 864. The molecule has 2 aromatic carbocycles. The molecule has 23 heavy (non-hydrogen) atoms. The summed E-state index contributed by atoms with van der Waals surface area (Å²) in [6.07, 6.45) is 0. The molecule has 4 nitrogen and oxygen atoms in total. The Hall–Kier alpha value is -2.47. The lowest BCUT2D eigenvalue weighted by molar-refractivity contribution is 0.0387. The fourth-order valence-electron chi connectivity index (χ4n) is 2.25. The van der Waals surface area contributed by atoms with Gasteiger partial charge in [-0.15, -0.1) is 0 Å². The van der Waals surface area contributed by atoms with E-state index < -0.39 is 12.5 Å². The van der Waals surface area contributed by atoms with Crippen LogP contribution in [0, 0.1) is 0 Å². The van der Waals surface area contributed by atoms with E-state index >= 15 is 0 Å². The summed E-state index contributed by atoms with van der Waals surface area (Å²) in [7, 11) is 0. The number of benzene rings is 2. The standard InChI is InChI=1S/C16H11ClF2N2O2/c17-11-6-2-1-5-10(11)15(22)23-9-14-20-12-7-3-4-8-13(12)21(14)16(18)19/h1-8,16H,9H2. The van der Waals surface area contributed by atoms with E-state index in [1.54, 1.807) is 36.4 Å². The van der Waals surface area contributed by atoms with Gasteiger partial charge in [0.15, 0.2) is 5.82 Å². The van der Waals surface area contributed by atoms with Crippen LogP contribution in [0.15, 0.2) is 48.5 Å². The Morgan fingerprint density at radius 2 is 1.87 bits per heavy atom. The maximum Gasteiger partial charge on any atom is 0.340 e. The van der Waals surface area contributed by atoms with E-state index in [0.29, 0.717) is 5.52 Å². The number of hydrogen-bond donors (Lipinski definition) is 0. The molecule has 1 heterocycles. The van der Waals surface area contributed by atoms with Crippen molar-refractivity contribution < 1.29 is 18.3 Å². The minimum atomic E-state index is -2.78. The quantitative estimate of drug-likeness (QED) is 0.661. The number of nitrogens with zero attached hydrogens (tertiary/aromatic N) is 2. The molecule has 7 heteroatoms. The average molecular weight is 337 g/mol. The Kier molecular flexibility index (Phi) is 4.25. The van der Waals surface area contributed by atoms with Crippen LogP contribution in [0.4, 0.5) is 8.78 Å². The highest BCUT2D eigenvalue weighted by molar-refractivity contribution is 6.33. The molecule has 1 aromatic heterocycles. The van der Waals surface area contributed by atoms with Gasteiger partial charge in [-0.25, -0.2) is 9.78 Å². The Labute approximate surface area is 135 Å². The van der Waals surface area contributed by atoms with Gasteiger partial charge < -0.3 is 4.74 Å². The summed E-state index contributed by atoms with van der Waals surface area (Å²) >= 11 is 5.91. The smallest absolute Gasteiger partial charge is 0.340 e. The summed E-state index contributed by atoms with van der Waals surface area (Å²) in [6.45, 7) is -3.15. The highest BCUT2D eigenvalue weighted by atomic mass is 35.5. The van der Waals surface area contributed by atoms with Crippen LogP contribution >= 0.6 is 11.6 Å². The predicted molar refractivity (Wildman–Crippen MR) is 81.6 cm³/mol. The molecule has 3 rings (SSSR count). The number of halogens is 3. The largest absolute Gasteiger partial charge is 0.454 e. The molecule has 0 bridgehead atoms. The van der Waals surface area contributed by atoms with Crippen LogP contribution in [0.1, 0.15) is 22.7 Å². The summed E-state index contributed by atoms with van der Waals surface area (Å²) in [5.41, 5.74) is 0.872. The SMILES string of the molecule is O=C(OCc1nc2ccccc2n1C(F)F)c1ccccc1Cl. The summed E-state index contributed by atoms with van der Waals surface area (Å²) in [6, 6.07) is 12.9. The third kappa shape index (κ3) is 3.03. The Morgan fingerprint density at radius 3 is 2.61 bits per heavy atom. The van der Waals surface area contributed by atoms with Crippen molar-refractivity contribution in [1.29, 1.82) is 0 Å². The number of para-hydroxylation sites is 2. The van der Waals surface area contributed by atoms with Crippen LogP contribution in [0.3, 0.4) is 0 Å². The zero-order chi connectivity index (χ0) is 16.4. The molecule has 0 unspecified atom stereocenters. The second kappa shape index (κ2) is 6.34. The highest BCUT2D eigenvalue weighted by Crippen LogP contribution is 2.24. The minimum Gasteiger partial charge on any atom is -0.454 e. The van der Waals surface area contributed by atoms with Crippen LogP contribution in [-0.2, 0) is 11.3 Å². The second-order valence-electron chi connectivity index (χ2n) is 4.72. The van der Waals surface area contributed by atoms with Crippen molar-refractivity contribution >= 4 is 28.6 Å². The molecule has 0 fully saturated rings. The monoisotopic (exact) mass is 336 g/mol. The molecule has 0 radical (unpaired) electrons. The first kappa shape index (κ1) is 15.4. The lowest BCUT2D eigenvalue weighted by atomic mass is 10.2. The zero-order valence-corrected chi connectivity index (χ0v) is 12.5. The van der Waals surface area contributed by atoms with Crippen molar-refractivity contribution in [3.05, 3.63) is 64.9 Å². The number of imidazole rings is 1. The molecule has 0 aliphatic carbocycles. The average Bonchev–Trinajstić information content (AvgIpc) is 2.91. The van der Waals surface area contributed by atoms with E-state index in [1.807, 2.05) is 0 Å². The number of esters is 1. The highest BCUT2D eigenvalue weighted by Gasteiger charge is 2.19. The summed E-state index contributed by atoms with van der Waals surface area (Å²) in [5, 5.41) is 0.236. The second-order valence-corrected chi connectivity index (χ2v) is 5.13. The van der Waals surface area contributed by atoms with Gasteiger partial charge in [0.25, 0.3) is 0 Å². The first-order valence-electron chi connectivity index (χ1n) is 6.73. The number of fused-ring (bicyclic) bond motifs is 1. The van der Waals surface area contributed by atoms with Gasteiger partial charge >= 0.3 is 12.5 Å². The van der Waals surface area contributed by atoms with Crippen molar-refractivity contribution in [2.75, 3.05) is 0 Å². The van der Waals surface area contributed by atoms with E-state index in [4.69, 9.17) is 16.3 Å². The van der Waals surface area contributed by atoms with E-state index in [9.17, 15) is 13.6 Å². The molecule has 118 valence electrons. The molecule has 0 saturated heterocycles. The molecular formula is C16H11ClF2N2O2. The molecule has 0 amide bonds. The van der Waals surface area contributed by atoms with Crippen molar-refractivity contribution in [2.24, 2.45) is 0 Å². The normalized spacial score (nSPS) is 11.1. The number of alkyl halides is 2. The first-order valence-corrected chi connectivity index (χ1v) is 7.11. The molecule has 0 N–H and O–H groups in total. The van der Waals surface area contributed by atoms with Gasteiger partial charge in [-0.1, -0.05) is 35.9 Å². The zero-order valence-electron chi connectivity index (χ0n) is 11.7. The summed E-state index contributed by atoms with van der Waals surface area (Å²) in [4.78, 5) is 16.1. The van der Waals surface area contributed by atoms with E-state index in [2.05, 4.69) is 4.98 Å². The lowest BCUT2D eigenvalue weighted by Crippen LogP contribution is -2.11. The number of carbonyl (C=O) groups excluding carboxylic acids is 1. The van der Waals surface area contributed by atoms with Gasteiger partial charge in [0.1, 0.15) is 6.61 Å². The van der Waals surface area contributed by atoms with E-state index in [1.165, 1.54) is 12.1 Å². The third-order valence-electron chi connectivity index (χ3n) is 3.29. The van der Waals surface area contributed by atoms with Crippen LogP contribution in [-0.4, -0.2) is 15.5 Å². The Balaban J connectivity index is 1.86. The lowest BCUT2D eigenvalue weighted by Gasteiger charge is -2.09. The van der Waals surface area contributed by atoms with Gasteiger partial charge in [0.2, 0.25) is 0 Å². The number of aromatic nitrogens is 2. The third-order valence-corrected chi connectivity index (χ3v) is 3.62. The first-order chi connectivity index (χ1) is 11.1. The van der Waals surface area contributed by atoms with Crippen molar-refractivity contribution in [2.45, 2.75) is 13.2 Å². The molecule has 0 aliphatic heterocycles. The van der Waals surface area contributed by atoms with E-state index in [0.717, 1.165) is 4.57 Å².